The number of hydrogen-bond donors (Lipinski definition) is 2. The lowest BCUT2D eigenvalue weighted by Gasteiger charge is -1.99. The summed E-state index contributed by atoms with van der Waals surface area (Å²) in [5.74, 6) is -0.227. The van der Waals surface area contributed by atoms with Crippen molar-refractivity contribution in [3.63, 3.8) is 0 Å². The Hall–Kier alpha value is -2.84. The fourth-order valence-corrected chi connectivity index (χ4v) is 3.11. The largest absolute Gasteiger partial charge is 0.508 e. The molecule has 25 heavy (non-hydrogen) atoms. The number of aromatic hydroxyl groups is 1. The van der Waals surface area contributed by atoms with Gasteiger partial charge >= 0.3 is 0 Å². The Labute approximate surface area is 151 Å². The molecule has 126 valence electrons. The van der Waals surface area contributed by atoms with Gasteiger partial charge in [0.1, 0.15) is 5.75 Å². The molecular weight excluding hydrogens is 366 g/mol. The van der Waals surface area contributed by atoms with E-state index in [1.807, 2.05) is 0 Å². The van der Waals surface area contributed by atoms with Crippen LogP contribution in [0, 0.1) is 10.1 Å². The number of phenols is 1. The maximum absolute atomic E-state index is 12.0. The Morgan fingerprint density at radius 3 is 2.76 bits per heavy atom. The quantitative estimate of drug-likeness (QED) is 0.481. The summed E-state index contributed by atoms with van der Waals surface area (Å²) >= 11 is 7.11. The van der Waals surface area contributed by atoms with Crippen molar-refractivity contribution in [1.29, 1.82) is 0 Å². The fourth-order valence-electron chi connectivity index (χ4n) is 2.06. The summed E-state index contributed by atoms with van der Waals surface area (Å²) in [7, 11) is 0. The first kappa shape index (κ1) is 17.0. The van der Waals surface area contributed by atoms with Gasteiger partial charge in [-0.25, -0.2) is 4.99 Å². The molecule has 2 aromatic carbocycles. The summed E-state index contributed by atoms with van der Waals surface area (Å²) < 4.78 is 0. The predicted octanol–water partition coefficient (Wildman–Crippen LogP) is 3.85. The van der Waals surface area contributed by atoms with Crippen LogP contribution >= 0.6 is 23.4 Å². The molecule has 2 aromatic rings. The monoisotopic (exact) mass is 375 g/mol. The molecule has 1 amide bonds. The zero-order chi connectivity index (χ0) is 18.0. The van der Waals surface area contributed by atoms with Gasteiger partial charge < -0.3 is 10.4 Å². The topological polar surface area (TPSA) is 105 Å². The summed E-state index contributed by atoms with van der Waals surface area (Å²) in [5, 5.41) is 23.2. The maximum atomic E-state index is 12.0. The van der Waals surface area contributed by atoms with Crippen LogP contribution in [0.25, 0.3) is 6.08 Å². The van der Waals surface area contributed by atoms with Gasteiger partial charge in [-0.2, -0.15) is 0 Å². The molecular formula is C16H10ClN3O4S. The summed E-state index contributed by atoms with van der Waals surface area (Å²) in [4.78, 5) is 26.8. The number of nitrogens with one attached hydrogen (secondary N) is 1. The molecule has 1 fully saturated rings. The van der Waals surface area contributed by atoms with Crippen LogP contribution in [0.4, 0.5) is 11.4 Å². The average molecular weight is 376 g/mol. The third-order valence-corrected chi connectivity index (χ3v) is 4.40. The van der Waals surface area contributed by atoms with Gasteiger partial charge in [-0.05, 0) is 41.6 Å². The van der Waals surface area contributed by atoms with E-state index in [2.05, 4.69) is 10.3 Å². The van der Waals surface area contributed by atoms with Gasteiger partial charge in [-0.3, -0.25) is 14.9 Å². The third-order valence-electron chi connectivity index (χ3n) is 3.18. The van der Waals surface area contributed by atoms with Gasteiger partial charge in [0.15, 0.2) is 5.17 Å². The van der Waals surface area contributed by atoms with Crippen LogP contribution in [0.5, 0.6) is 5.75 Å². The van der Waals surface area contributed by atoms with Crippen molar-refractivity contribution in [3.8, 4) is 5.75 Å². The average Bonchev–Trinajstić information content (AvgIpc) is 2.88. The van der Waals surface area contributed by atoms with Gasteiger partial charge in [0.2, 0.25) is 0 Å². The van der Waals surface area contributed by atoms with Gasteiger partial charge in [-0.15, -0.1) is 0 Å². The molecule has 1 saturated heterocycles. The number of amides is 1. The molecule has 0 aromatic heterocycles. The SMILES string of the molecule is O=C1NC(=Nc2ccc([N+](=O)[O-])cc2Cl)S/C1=C/c1cccc(O)c1. The highest BCUT2D eigenvalue weighted by Crippen LogP contribution is 2.33. The number of benzene rings is 2. The number of amidine groups is 1. The minimum absolute atomic E-state index is 0.101. The van der Waals surface area contributed by atoms with Gasteiger partial charge in [0.05, 0.1) is 20.5 Å². The molecule has 9 heteroatoms. The number of thioether (sulfide) groups is 1. The first-order valence-electron chi connectivity index (χ1n) is 6.95. The van der Waals surface area contributed by atoms with E-state index in [1.54, 1.807) is 18.2 Å². The van der Waals surface area contributed by atoms with Crippen LogP contribution in [0.3, 0.4) is 0 Å². The lowest BCUT2D eigenvalue weighted by atomic mass is 10.2. The highest BCUT2D eigenvalue weighted by atomic mass is 35.5. The summed E-state index contributed by atoms with van der Waals surface area (Å²) in [6.45, 7) is 0. The van der Waals surface area contributed by atoms with Gasteiger partial charge in [-0.1, -0.05) is 23.7 Å². The number of carbonyl (C=O) groups excluding carboxylic acids is 1. The number of non-ortho nitro benzene ring substituents is 1. The van der Waals surface area contributed by atoms with E-state index in [9.17, 15) is 20.0 Å². The predicted molar refractivity (Wildman–Crippen MR) is 97.0 cm³/mol. The normalized spacial score (nSPS) is 17.1. The molecule has 0 bridgehead atoms. The van der Waals surface area contributed by atoms with Crippen molar-refractivity contribution in [3.05, 3.63) is 68.1 Å². The molecule has 2 N–H and O–H groups in total. The number of halogens is 1. The molecule has 0 atom stereocenters. The molecule has 1 heterocycles. The highest BCUT2D eigenvalue weighted by Gasteiger charge is 2.24. The summed E-state index contributed by atoms with van der Waals surface area (Å²) in [6.07, 6.45) is 1.62. The van der Waals surface area contributed by atoms with Crippen molar-refractivity contribution in [1.82, 2.24) is 5.32 Å². The number of carbonyl (C=O) groups is 1. The number of hydrogen-bond acceptors (Lipinski definition) is 6. The Bertz CT molecular complexity index is 943. The summed E-state index contributed by atoms with van der Waals surface area (Å²) in [5.41, 5.74) is 0.850. The Kier molecular flexibility index (Phi) is 4.73. The number of rotatable bonds is 3. The smallest absolute Gasteiger partial charge is 0.271 e. The van der Waals surface area contributed by atoms with Crippen LogP contribution < -0.4 is 5.32 Å². The van der Waals surface area contributed by atoms with E-state index >= 15 is 0 Å². The van der Waals surface area contributed by atoms with E-state index < -0.39 is 4.92 Å². The lowest BCUT2D eigenvalue weighted by molar-refractivity contribution is -0.384. The van der Waals surface area contributed by atoms with Crippen LogP contribution in [-0.2, 0) is 4.79 Å². The van der Waals surface area contributed by atoms with Crippen LogP contribution in [0.15, 0.2) is 52.4 Å². The number of phenolic OH excluding ortho intramolecular Hbond substituents is 1. The van der Waals surface area contributed by atoms with Crippen LogP contribution in [0.2, 0.25) is 5.02 Å². The van der Waals surface area contributed by atoms with Gasteiger partial charge in [0.25, 0.3) is 11.6 Å². The molecule has 1 aliphatic heterocycles. The molecule has 0 unspecified atom stereocenters. The highest BCUT2D eigenvalue weighted by molar-refractivity contribution is 8.18. The van der Waals surface area contributed by atoms with Crippen molar-refractivity contribution in [2.24, 2.45) is 4.99 Å². The van der Waals surface area contributed by atoms with E-state index in [0.717, 1.165) is 11.8 Å². The second kappa shape index (κ2) is 6.96. The molecule has 0 saturated carbocycles. The molecule has 1 aliphatic rings. The Morgan fingerprint density at radius 2 is 2.08 bits per heavy atom. The van der Waals surface area contributed by atoms with Crippen LogP contribution in [0.1, 0.15) is 5.56 Å². The van der Waals surface area contributed by atoms with E-state index in [1.165, 1.54) is 30.3 Å². The van der Waals surface area contributed by atoms with E-state index in [-0.39, 0.29) is 22.4 Å². The first-order chi connectivity index (χ1) is 11.9. The lowest BCUT2D eigenvalue weighted by Crippen LogP contribution is -2.19. The number of aliphatic imine (C=N–C) groups is 1. The van der Waals surface area contributed by atoms with Crippen LogP contribution in [-0.4, -0.2) is 21.1 Å². The minimum Gasteiger partial charge on any atom is -0.508 e. The maximum Gasteiger partial charge on any atom is 0.271 e. The zero-order valence-electron chi connectivity index (χ0n) is 12.5. The van der Waals surface area contributed by atoms with E-state index in [0.29, 0.717) is 21.3 Å². The first-order valence-corrected chi connectivity index (χ1v) is 8.14. The number of nitro benzene ring substituents is 1. The molecule has 3 rings (SSSR count). The van der Waals surface area contributed by atoms with Crippen molar-refractivity contribution in [2.75, 3.05) is 0 Å². The fraction of sp³-hybridized carbons (Fsp3) is 0. The zero-order valence-corrected chi connectivity index (χ0v) is 14.0. The third kappa shape index (κ3) is 3.98. The van der Waals surface area contributed by atoms with Crippen molar-refractivity contribution >= 4 is 51.9 Å². The number of nitro groups is 1. The van der Waals surface area contributed by atoms with E-state index in [4.69, 9.17) is 11.6 Å². The van der Waals surface area contributed by atoms with Gasteiger partial charge in [0, 0.05) is 12.1 Å². The summed E-state index contributed by atoms with van der Waals surface area (Å²) in [6, 6.07) is 10.4. The second-order valence-electron chi connectivity index (χ2n) is 4.97. The molecule has 0 spiro atoms. The Balaban J connectivity index is 1.85. The Morgan fingerprint density at radius 1 is 1.28 bits per heavy atom. The van der Waals surface area contributed by atoms with Crippen molar-refractivity contribution < 1.29 is 14.8 Å². The minimum atomic E-state index is -0.551. The second-order valence-corrected chi connectivity index (χ2v) is 6.41. The van der Waals surface area contributed by atoms with Crippen molar-refractivity contribution in [2.45, 2.75) is 0 Å². The molecule has 0 aliphatic carbocycles. The number of nitrogens with zero attached hydrogens (tertiary/aromatic N) is 2. The molecule has 0 radical (unpaired) electrons. The molecule has 7 nitrogen and oxygen atoms in total. The standard InChI is InChI=1S/C16H10ClN3O4S/c17-12-8-10(20(23)24)4-5-13(12)18-16-19-15(22)14(25-16)7-9-2-1-3-11(21)6-9/h1-8,21H,(H,18,19,22)/b14-7+.